The molecule has 1 amide bonds. The molecule has 0 aliphatic carbocycles. The molecule has 150 valence electrons. The first-order chi connectivity index (χ1) is 13.9. The minimum absolute atomic E-state index is 0.0871. The molecule has 2 heterocycles. The minimum atomic E-state index is -0.427. The number of amides is 1. The van der Waals surface area contributed by atoms with Crippen molar-refractivity contribution in [1.29, 1.82) is 0 Å². The molecule has 1 aromatic heterocycles. The SMILES string of the molecule is C[C@H]1CN(C(=O)c2cc(-c3ccccc3F)nn2-c2ccc(F)cc2)C[C@H](C)O1. The van der Waals surface area contributed by atoms with Gasteiger partial charge >= 0.3 is 0 Å². The van der Waals surface area contributed by atoms with Crippen molar-refractivity contribution in [2.75, 3.05) is 13.1 Å². The van der Waals surface area contributed by atoms with Crippen molar-refractivity contribution in [3.8, 4) is 16.9 Å². The highest BCUT2D eigenvalue weighted by Crippen LogP contribution is 2.26. The summed E-state index contributed by atoms with van der Waals surface area (Å²) in [5, 5.41) is 4.47. The number of hydrogen-bond acceptors (Lipinski definition) is 3. The van der Waals surface area contributed by atoms with Crippen LogP contribution in [0, 0.1) is 11.6 Å². The van der Waals surface area contributed by atoms with Gasteiger partial charge in [-0.15, -0.1) is 0 Å². The Balaban J connectivity index is 1.79. The van der Waals surface area contributed by atoms with Crippen molar-refractivity contribution in [2.24, 2.45) is 0 Å². The van der Waals surface area contributed by atoms with E-state index in [1.54, 1.807) is 29.2 Å². The molecule has 2 aromatic carbocycles. The molecule has 0 spiro atoms. The van der Waals surface area contributed by atoms with E-state index in [2.05, 4.69) is 5.10 Å². The van der Waals surface area contributed by atoms with Crippen molar-refractivity contribution < 1.29 is 18.3 Å². The zero-order chi connectivity index (χ0) is 20.5. The van der Waals surface area contributed by atoms with Crippen LogP contribution in [0.3, 0.4) is 0 Å². The summed E-state index contributed by atoms with van der Waals surface area (Å²) in [6, 6.07) is 13.5. The van der Waals surface area contributed by atoms with Crippen LogP contribution < -0.4 is 0 Å². The van der Waals surface area contributed by atoms with Gasteiger partial charge in [-0.3, -0.25) is 4.79 Å². The van der Waals surface area contributed by atoms with E-state index in [1.165, 1.54) is 35.0 Å². The van der Waals surface area contributed by atoms with Crippen LogP contribution in [0.5, 0.6) is 0 Å². The molecule has 2 atom stereocenters. The van der Waals surface area contributed by atoms with Crippen LogP contribution in [-0.4, -0.2) is 45.9 Å². The molecule has 0 N–H and O–H groups in total. The van der Waals surface area contributed by atoms with Crippen LogP contribution in [0.25, 0.3) is 16.9 Å². The van der Waals surface area contributed by atoms with Crippen molar-refractivity contribution >= 4 is 5.91 Å². The van der Waals surface area contributed by atoms with Gasteiger partial charge in [0.05, 0.1) is 23.6 Å². The first-order valence-electron chi connectivity index (χ1n) is 9.48. The maximum absolute atomic E-state index is 14.3. The van der Waals surface area contributed by atoms with Gasteiger partial charge in [-0.25, -0.2) is 13.5 Å². The second-order valence-electron chi connectivity index (χ2n) is 7.25. The summed E-state index contributed by atoms with van der Waals surface area (Å²) in [5.41, 5.74) is 1.44. The average Bonchev–Trinajstić information content (AvgIpc) is 3.12. The fourth-order valence-electron chi connectivity index (χ4n) is 3.62. The molecular weight excluding hydrogens is 376 g/mol. The minimum Gasteiger partial charge on any atom is -0.372 e. The predicted octanol–water partition coefficient (Wildman–Crippen LogP) is 4.07. The molecule has 0 radical (unpaired) electrons. The van der Waals surface area contributed by atoms with E-state index >= 15 is 0 Å². The molecule has 4 rings (SSSR count). The first-order valence-corrected chi connectivity index (χ1v) is 9.48. The largest absolute Gasteiger partial charge is 0.372 e. The van der Waals surface area contributed by atoms with Crippen molar-refractivity contribution in [3.05, 3.63) is 71.9 Å². The van der Waals surface area contributed by atoms with Gasteiger partial charge in [-0.1, -0.05) is 12.1 Å². The lowest BCUT2D eigenvalue weighted by Crippen LogP contribution is -2.48. The van der Waals surface area contributed by atoms with E-state index in [9.17, 15) is 13.6 Å². The second kappa shape index (κ2) is 7.75. The number of ether oxygens (including phenoxy) is 1. The summed E-state index contributed by atoms with van der Waals surface area (Å²) in [4.78, 5) is 15.0. The van der Waals surface area contributed by atoms with Gasteiger partial charge in [0.15, 0.2) is 0 Å². The molecular formula is C22H21F2N3O2. The lowest BCUT2D eigenvalue weighted by molar-refractivity contribution is -0.0588. The van der Waals surface area contributed by atoms with Gasteiger partial charge in [0.2, 0.25) is 0 Å². The molecule has 0 unspecified atom stereocenters. The lowest BCUT2D eigenvalue weighted by atomic mass is 10.1. The van der Waals surface area contributed by atoms with Gasteiger partial charge in [0, 0.05) is 18.7 Å². The number of benzene rings is 2. The zero-order valence-electron chi connectivity index (χ0n) is 16.2. The lowest BCUT2D eigenvalue weighted by Gasteiger charge is -2.35. The summed E-state index contributed by atoms with van der Waals surface area (Å²) in [5.74, 6) is -1.05. The Morgan fingerprint density at radius 3 is 2.34 bits per heavy atom. The third kappa shape index (κ3) is 3.91. The van der Waals surface area contributed by atoms with Crippen LogP contribution in [0.1, 0.15) is 24.3 Å². The predicted molar refractivity (Wildman–Crippen MR) is 105 cm³/mol. The standard InChI is InChI=1S/C22H21F2N3O2/c1-14-12-26(13-15(2)29-14)22(28)21-11-20(18-5-3-4-6-19(18)24)25-27(21)17-9-7-16(23)8-10-17/h3-11,14-15H,12-13H2,1-2H3/t14-,15-/m0/s1. The maximum Gasteiger partial charge on any atom is 0.272 e. The summed E-state index contributed by atoms with van der Waals surface area (Å²) in [6.45, 7) is 4.73. The van der Waals surface area contributed by atoms with E-state index < -0.39 is 5.82 Å². The summed E-state index contributed by atoms with van der Waals surface area (Å²) < 4.78 is 34.9. The average molecular weight is 397 g/mol. The molecule has 5 nitrogen and oxygen atoms in total. The van der Waals surface area contributed by atoms with E-state index in [4.69, 9.17) is 4.74 Å². The number of carbonyl (C=O) groups excluding carboxylic acids is 1. The van der Waals surface area contributed by atoms with Gasteiger partial charge < -0.3 is 9.64 Å². The quantitative estimate of drug-likeness (QED) is 0.670. The van der Waals surface area contributed by atoms with Crippen molar-refractivity contribution in [2.45, 2.75) is 26.1 Å². The molecule has 0 saturated carbocycles. The Labute approximate surface area is 167 Å². The third-order valence-electron chi connectivity index (χ3n) is 4.86. The molecule has 1 saturated heterocycles. The number of rotatable bonds is 3. The molecule has 3 aromatic rings. The Hall–Kier alpha value is -3.06. The van der Waals surface area contributed by atoms with Crippen LogP contribution in [-0.2, 0) is 4.74 Å². The molecule has 1 fully saturated rings. The molecule has 29 heavy (non-hydrogen) atoms. The Morgan fingerprint density at radius 1 is 1.03 bits per heavy atom. The van der Waals surface area contributed by atoms with Crippen LogP contribution in [0.15, 0.2) is 54.6 Å². The van der Waals surface area contributed by atoms with Crippen LogP contribution in [0.2, 0.25) is 0 Å². The number of morpholine rings is 1. The fraction of sp³-hybridized carbons (Fsp3) is 0.273. The van der Waals surface area contributed by atoms with Crippen LogP contribution >= 0.6 is 0 Å². The van der Waals surface area contributed by atoms with Crippen LogP contribution in [0.4, 0.5) is 8.78 Å². The van der Waals surface area contributed by atoms with E-state index in [0.29, 0.717) is 30.0 Å². The monoisotopic (exact) mass is 397 g/mol. The molecule has 7 heteroatoms. The highest BCUT2D eigenvalue weighted by atomic mass is 19.1. The summed E-state index contributed by atoms with van der Waals surface area (Å²) >= 11 is 0. The van der Waals surface area contributed by atoms with Gasteiger partial charge in [-0.05, 0) is 56.3 Å². The summed E-state index contributed by atoms with van der Waals surface area (Å²) in [7, 11) is 0. The number of halogens is 2. The number of carbonyl (C=O) groups is 1. The van der Waals surface area contributed by atoms with E-state index in [1.807, 2.05) is 13.8 Å². The van der Waals surface area contributed by atoms with Gasteiger partial charge in [-0.2, -0.15) is 5.10 Å². The molecule has 0 bridgehead atoms. The van der Waals surface area contributed by atoms with Crippen molar-refractivity contribution in [3.63, 3.8) is 0 Å². The smallest absolute Gasteiger partial charge is 0.272 e. The number of hydrogen-bond donors (Lipinski definition) is 0. The number of aromatic nitrogens is 2. The van der Waals surface area contributed by atoms with Gasteiger partial charge in [0.1, 0.15) is 17.3 Å². The third-order valence-corrected chi connectivity index (χ3v) is 4.86. The fourth-order valence-corrected chi connectivity index (χ4v) is 3.62. The summed E-state index contributed by atoms with van der Waals surface area (Å²) in [6.07, 6.45) is -0.174. The molecule has 1 aliphatic rings. The maximum atomic E-state index is 14.3. The highest BCUT2D eigenvalue weighted by molar-refractivity contribution is 5.94. The number of nitrogens with zero attached hydrogens (tertiary/aromatic N) is 3. The highest BCUT2D eigenvalue weighted by Gasteiger charge is 2.29. The van der Waals surface area contributed by atoms with Crippen molar-refractivity contribution in [1.82, 2.24) is 14.7 Å². The zero-order valence-corrected chi connectivity index (χ0v) is 16.2. The van der Waals surface area contributed by atoms with E-state index in [-0.39, 0.29) is 29.6 Å². The first kappa shape index (κ1) is 19.3. The molecule has 1 aliphatic heterocycles. The topological polar surface area (TPSA) is 47.4 Å². The van der Waals surface area contributed by atoms with Gasteiger partial charge in [0.25, 0.3) is 5.91 Å². The Morgan fingerprint density at radius 2 is 1.69 bits per heavy atom. The second-order valence-corrected chi connectivity index (χ2v) is 7.25. The normalized spacial score (nSPS) is 19.4. The Kier molecular flexibility index (Phi) is 5.15. The Bertz CT molecular complexity index is 1020. The van der Waals surface area contributed by atoms with E-state index in [0.717, 1.165) is 0 Å².